The molecule has 110 valence electrons. The summed E-state index contributed by atoms with van der Waals surface area (Å²) in [7, 11) is 0. The van der Waals surface area contributed by atoms with Crippen LogP contribution < -0.4 is 5.32 Å². The molecule has 0 saturated heterocycles. The lowest BCUT2D eigenvalue weighted by molar-refractivity contribution is -0.137. The van der Waals surface area contributed by atoms with Crippen molar-refractivity contribution in [3.05, 3.63) is 36.5 Å². The first-order valence-electron chi connectivity index (χ1n) is 6.61. The second-order valence-electron chi connectivity index (χ2n) is 4.96. The minimum absolute atomic E-state index is 0.213. The van der Waals surface area contributed by atoms with E-state index in [9.17, 15) is 9.59 Å². The van der Waals surface area contributed by atoms with Crippen molar-refractivity contribution in [2.24, 2.45) is 0 Å². The Hall–Kier alpha value is -2.63. The molecule has 0 unspecified atom stereocenters. The Labute approximate surface area is 122 Å². The molecule has 0 bridgehead atoms. The van der Waals surface area contributed by atoms with Gasteiger partial charge in [-0.2, -0.15) is 0 Å². The zero-order valence-electron chi connectivity index (χ0n) is 11.9. The van der Waals surface area contributed by atoms with E-state index in [2.05, 4.69) is 10.3 Å². The quantitative estimate of drug-likeness (QED) is 0.905. The Kier molecular flexibility index (Phi) is 4.37. The molecule has 0 aliphatic rings. The molecular weight excluding hydrogens is 270 g/mol. The summed E-state index contributed by atoms with van der Waals surface area (Å²) in [5.41, 5.74) is 1.37. The highest BCUT2D eigenvalue weighted by molar-refractivity contribution is 5.93. The van der Waals surface area contributed by atoms with Gasteiger partial charge in [0.2, 0.25) is 0 Å². The number of rotatable bonds is 4. The van der Waals surface area contributed by atoms with E-state index in [1.54, 1.807) is 26.1 Å². The van der Waals surface area contributed by atoms with Gasteiger partial charge in [-0.05, 0) is 26.0 Å². The molecule has 6 nitrogen and oxygen atoms in total. The lowest BCUT2D eigenvalue weighted by atomic mass is 10.2. The van der Waals surface area contributed by atoms with E-state index in [1.165, 1.54) is 4.90 Å². The molecule has 21 heavy (non-hydrogen) atoms. The smallest absolute Gasteiger partial charge is 0.323 e. The maximum Gasteiger partial charge on any atom is 0.323 e. The van der Waals surface area contributed by atoms with Crippen LogP contribution in [0.1, 0.15) is 13.8 Å². The van der Waals surface area contributed by atoms with E-state index in [1.807, 2.05) is 24.3 Å². The average Bonchev–Trinajstić information content (AvgIpc) is 2.44. The Morgan fingerprint density at radius 3 is 2.71 bits per heavy atom. The van der Waals surface area contributed by atoms with E-state index in [0.29, 0.717) is 5.69 Å². The maximum absolute atomic E-state index is 12.1. The van der Waals surface area contributed by atoms with Gasteiger partial charge in [-0.25, -0.2) is 4.79 Å². The van der Waals surface area contributed by atoms with Crippen molar-refractivity contribution in [1.82, 2.24) is 9.88 Å². The molecule has 1 heterocycles. The van der Waals surface area contributed by atoms with E-state index in [-0.39, 0.29) is 12.6 Å². The summed E-state index contributed by atoms with van der Waals surface area (Å²) in [6.45, 7) is 3.19. The minimum atomic E-state index is -1.05. The summed E-state index contributed by atoms with van der Waals surface area (Å²) in [4.78, 5) is 28.5. The Balaban J connectivity index is 2.17. The first kappa shape index (κ1) is 14.8. The number of hydrogen-bond donors (Lipinski definition) is 2. The van der Waals surface area contributed by atoms with Gasteiger partial charge < -0.3 is 15.3 Å². The Bertz CT molecular complexity index is 670. The van der Waals surface area contributed by atoms with E-state index in [0.717, 1.165) is 10.9 Å². The summed E-state index contributed by atoms with van der Waals surface area (Å²) >= 11 is 0. The van der Waals surface area contributed by atoms with E-state index >= 15 is 0 Å². The lowest BCUT2D eigenvalue weighted by Crippen LogP contribution is -2.43. The van der Waals surface area contributed by atoms with Crippen LogP contribution in [0.5, 0.6) is 0 Å². The average molecular weight is 287 g/mol. The standard InChI is InChI=1S/C15H17N3O3/c1-10(2)18(9-14(19)20)15(21)17-12-7-11-5-3-4-6-13(11)16-8-12/h3-8,10H,9H2,1-2H3,(H,17,21)(H,19,20). The number of fused-ring (bicyclic) bond motifs is 1. The number of benzene rings is 1. The molecule has 2 N–H and O–H groups in total. The number of urea groups is 1. The fraction of sp³-hybridized carbons (Fsp3) is 0.267. The predicted octanol–water partition coefficient (Wildman–Crippen LogP) is 2.56. The van der Waals surface area contributed by atoms with Crippen LogP contribution in [0.4, 0.5) is 10.5 Å². The summed E-state index contributed by atoms with van der Waals surface area (Å²) < 4.78 is 0. The van der Waals surface area contributed by atoms with Gasteiger partial charge in [0.1, 0.15) is 6.54 Å². The van der Waals surface area contributed by atoms with Gasteiger partial charge in [0.05, 0.1) is 17.4 Å². The number of para-hydroxylation sites is 1. The fourth-order valence-corrected chi connectivity index (χ4v) is 1.97. The molecule has 0 fully saturated rings. The van der Waals surface area contributed by atoms with Gasteiger partial charge in [0.15, 0.2) is 0 Å². The van der Waals surface area contributed by atoms with Gasteiger partial charge in [-0.1, -0.05) is 18.2 Å². The first-order chi connectivity index (χ1) is 9.97. The molecule has 2 aromatic rings. The predicted molar refractivity (Wildman–Crippen MR) is 80.2 cm³/mol. The minimum Gasteiger partial charge on any atom is -0.480 e. The largest absolute Gasteiger partial charge is 0.480 e. The zero-order chi connectivity index (χ0) is 15.4. The number of pyridine rings is 1. The van der Waals surface area contributed by atoms with E-state index < -0.39 is 12.0 Å². The third kappa shape index (κ3) is 3.68. The molecule has 0 spiro atoms. The van der Waals surface area contributed by atoms with Gasteiger partial charge in [-0.3, -0.25) is 9.78 Å². The number of aromatic nitrogens is 1. The molecule has 0 saturated carbocycles. The molecular formula is C15H17N3O3. The molecule has 2 rings (SSSR count). The summed E-state index contributed by atoms with van der Waals surface area (Å²) in [5.74, 6) is -1.05. The number of carbonyl (C=O) groups excluding carboxylic acids is 1. The van der Waals surface area contributed by atoms with Crippen LogP contribution in [0.2, 0.25) is 0 Å². The summed E-state index contributed by atoms with van der Waals surface area (Å²) in [5, 5.41) is 12.4. The monoisotopic (exact) mass is 287 g/mol. The fourth-order valence-electron chi connectivity index (χ4n) is 1.97. The highest BCUT2D eigenvalue weighted by Gasteiger charge is 2.19. The van der Waals surface area contributed by atoms with Crippen LogP contribution in [-0.4, -0.2) is 39.6 Å². The van der Waals surface area contributed by atoms with Crippen LogP contribution in [-0.2, 0) is 4.79 Å². The SMILES string of the molecule is CC(C)N(CC(=O)O)C(=O)Nc1cnc2ccccc2c1. The number of carboxylic acids is 1. The Morgan fingerprint density at radius 2 is 2.05 bits per heavy atom. The normalized spacial score (nSPS) is 10.6. The molecule has 0 atom stereocenters. The molecule has 0 radical (unpaired) electrons. The van der Waals surface area contributed by atoms with Gasteiger partial charge >= 0.3 is 12.0 Å². The van der Waals surface area contributed by atoms with E-state index in [4.69, 9.17) is 5.11 Å². The summed E-state index contributed by atoms with van der Waals surface area (Å²) in [6, 6.07) is 8.70. The topological polar surface area (TPSA) is 82.5 Å². The van der Waals surface area contributed by atoms with Crippen molar-refractivity contribution < 1.29 is 14.7 Å². The van der Waals surface area contributed by atoms with Crippen molar-refractivity contribution in [3.63, 3.8) is 0 Å². The molecule has 0 aliphatic carbocycles. The van der Waals surface area contributed by atoms with Crippen molar-refractivity contribution in [1.29, 1.82) is 0 Å². The molecule has 0 aliphatic heterocycles. The van der Waals surface area contributed by atoms with Crippen LogP contribution in [0.25, 0.3) is 10.9 Å². The maximum atomic E-state index is 12.1. The third-order valence-corrected chi connectivity index (χ3v) is 3.03. The number of anilines is 1. The first-order valence-corrected chi connectivity index (χ1v) is 6.61. The lowest BCUT2D eigenvalue weighted by Gasteiger charge is -2.25. The van der Waals surface area contributed by atoms with Crippen LogP contribution >= 0.6 is 0 Å². The zero-order valence-corrected chi connectivity index (χ0v) is 11.9. The highest BCUT2D eigenvalue weighted by atomic mass is 16.4. The van der Waals surface area contributed by atoms with Crippen LogP contribution in [0, 0.1) is 0 Å². The van der Waals surface area contributed by atoms with Crippen molar-refractivity contribution in [2.75, 3.05) is 11.9 Å². The molecule has 2 amide bonds. The number of nitrogens with zero attached hydrogens (tertiary/aromatic N) is 2. The second-order valence-corrected chi connectivity index (χ2v) is 4.96. The van der Waals surface area contributed by atoms with Crippen molar-refractivity contribution in [3.8, 4) is 0 Å². The van der Waals surface area contributed by atoms with Gasteiger partial charge in [0.25, 0.3) is 0 Å². The number of nitrogens with one attached hydrogen (secondary N) is 1. The van der Waals surface area contributed by atoms with Crippen LogP contribution in [0.15, 0.2) is 36.5 Å². The summed E-state index contributed by atoms with van der Waals surface area (Å²) in [6.07, 6.45) is 1.56. The number of amides is 2. The number of carbonyl (C=O) groups is 2. The molecule has 1 aromatic heterocycles. The third-order valence-electron chi connectivity index (χ3n) is 3.03. The Morgan fingerprint density at radius 1 is 1.33 bits per heavy atom. The number of aliphatic carboxylic acids is 1. The second kappa shape index (κ2) is 6.21. The van der Waals surface area contributed by atoms with Crippen molar-refractivity contribution in [2.45, 2.75) is 19.9 Å². The van der Waals surface area contributed by atoms with Crippen molar-refractivity contribution >= 4 is 28.6 Å². The number of carboxylic acid groups (broad SMARTS) is 1. The van der Waals surface area contributed by atoms with Gasteiger partial charge in [0, 0.05) is 11.4 Å². The highest BCUT2D eigenvalue weighted by Crippen LogP contribution is 2.16. The van der Waals surface area contributed by atoms with Gasteiger partial charge in [-0.15, -0.1) is 0 Å². The number of hydrogen-bond acceptors (Lipinski definition) is 3. The van der Waals surface area contributed by atoms with Crippen LogP contribution in [0.3, 0.4) is 0 Å². The molecule has 1 aromatic carbocycles. The molecule has 6 heteroatoms.